The van der Waals surface area contributed by atoms with Gasteiger partial charge in [-0.3, -0.25) is 4.79 Å². The molecule has 5 heteroatoms. The van der Waals surface area contributed by atoms with E-state index in [1.807, 2.05) is 0 Å². The molecule has 0 aromatic heterocycles. The molecule has 0 radical (unpaired) electrons. The van der Waals surface area contributed by atoms with Crippen molar-refractivity contribution in [1.29, 1.82) is 0 Å². The SMILES string of the molecule is COc1ccc(C(=O)c2cccc(C)c2O)c(OC)c1OC. The van der Waals surface area contributed by atoms with Crippen LogP contribution >= 0.6 is 0 Å². The van der Waals surface area contributed by atoms with Gasteiger partial charge in [-0.15, -0.1) is 0 Å². The molecule has 0 aliphatic heterocycles. The lowest BCUT2D eigenvalue weighted by molar-refractivity contribution is 0.103. The zero-order chi connectivity index (χ0) is 16.3. The molecule has 2 aromatic rings. The predicted molar refractivity (Wildman–Crippen MR) is 82.4 cm³/mol. The number of rotatable bonds is 5. The topological polar surface area (TPSA) is 65.0 Å². The van der Waals surface area contributed by atoms with Crippen LogP contribution in [0.3, 0.4) is 0 Å². The summed E-state index contributed by atoms with van der Waals surface area (Å²) < 4.78 is 15.8. The molecule has 2 aromatic carbocycles. The molecule has 116 valence electrons. The maximum atomic E-state index is 12.7. The van der Waals surface area contributed by atoms with Gasteiger partial charge in [-0.05, 0) is 30.7 Å². The Labute approximate surface area is 129 Å². The molecule has 0 bridgehead atoms. The first-order valence-corrected chi connectivity index (χ1v) is 6.67. The molecular weight excluding hydrogens is 284 g/mol. The van der Waals surface area contributed by atoms with Gasteiger partial charge in [0.1, 0.15) is 5.75 Å². The molecule has 0 spiro atoms. The highest BCUT2D eigenvalue weighted by molar-refractivity contribution is 6.13. The van der Waals surface area contributed by atoms with E-state index in [0.29, 0.717) is 22.6 Å². The molecular formula is C17H18O5. The van der Waals surface area contributed by atoms with Crippen LogP contribution in [0.1, 0.15) is 21.5 Å². The van der Waals surface area contributed by atoms with Gasteiger partial charge < -0.3 is 19.3 Å². The molecule has 1 N–H and O–H groups in total. The number of benzene rings is 2. The highest BCUT2D eigenvalue weighted by atomic mass is 16.5. The summed E-state index contributed by atoms with van der Waals surface area (Å²) in [5.74, 6) is 0.684. The largest absolute Gasteiger partial charge is 0.507 e. The van der Waals surface area contributed by atoms with E-state index >= 15 is 0 Å². The number of methoxy groups -OCH3 is 3. The van der Waals surface area contributed by atoms with Crippen molar-refractivity contribution in [3.63, 3.8) is 0 Å². The van der Waals surface area contributed by atoms with E-state index < -0.39 is 0 Å². The number of hydrogen-bond acceptors (Lipinski definition) is 5. The maximum Gasteiger partial charge on any atom is 0.204 e. The molecule has 0 atom stereocenters. The molecule has 0 heterocycles. The smallest absolute Gasteiger partial charge is 0.204 e. The van der Waals surface area contributed by atoms with Crippen molar-refractivity contribution in [3.8, 4) is 23.0 Å². The fourth-order valence-electron chi connectivity index (χ4n) is 2.27. The van der Waals surface area contributed by atoms with Gasteiger partial charge in [0, 0.05) is 0 Å². The Balaban J connectivity index is 2.61. The third-order valence-corrected chi connectivity index (χ3v) is 3.43. The third-order valence-electron chi connectivity index (χ3n) is 3.43. The average molecular weight is 302 g/mol. The van der Waals surface area contributed by atoms with E-state index in [1.165, 1.54) is 21.3 Å². The fourth-order valence-corrected chi connectivity index (χ4v) is 2.27. The summed E-state index contributed by atoms with van der Waals surface area (Å²) in [6.45, 7) is 1.73. The van der Waals surface area contributed by atoms with Crippen LogP contribution in [0, 0.1) is 6.92 Å². The summed E-state index contributed by atoms with van der Waals surface area (Å²) in [5.41, 5.74) is 1.14. The normalized spacial score (nSPS) is 10.2. The molecule has 0 unspecified atom stereocenters. The molecule has 2 rings (SSSR count). The summed E-state index contributed by atoms with van der Waals surface area (Å²) in [6.07, 6.45) is 0. The third kappa shape index (κ3) is 2.57. The Hall–Kier alpha value is -2.69. The first-order valence-electron chi connectivity index (χ1n) is 6.67. The average Bonchev–Trinajstić information content (AvgIpc) is 2.55. The van der Waals surface area contributed by atoms with Gasteiger partial charge in [-0.1, -0.05) is 12.1 Å². The highest BCUT2D eigenvalue weighted by Gasteiger charge is 2.23. The minimum absolute atomic E-state index is 0.0377. The number of carbonyl (C=O) groups is 1. The summed E-state index contributed by atoms with van der Waals surface area (Å²) in [4.78, 5) is 12.7. The number of carbonyl (C=O) groups excluding carboxylic acids is 1. The number of hydrogen-bond donors (Lipinski definition) is 1. The second kappa shape index (κ2) is 6.39. The zero-order valence-electron chi connectivity index (χ0n) is 13.0. The van der Waals surface area contributed by atoms with E-state index in [0.717, 1.165) is 0 Å². The van der Waals surface area contributed by atoms with Gasteiger partial charge >= 0.3 is 0 Å². The summed E-state index contributed by atoms with van der Waals surface area (Å²) in [6, 6.07) is 8.24. The summed E-state index contributed by atoms with van der Waals surface area (Å²) in [7, 11) is 4.42. The molecule has 0 aliphatic rings. The van der Waals surface area contributed by atoms with Crippen LogP contribution in [-0.2, 0) is 0 Å². The molecule has 0 fully saturated rings. The van der Waals surface area contributed by atoms with Gasteiger partial charge in [0.25, 0.3) is 0 Å². The van der Waals surface area contributed by atoms with E-state index in [1.54, 1.807) is 37.3 Å². The van der Waals surface area contributed by atoms with Crippen LogP contribution in [-0.4, -0.2) is 32.2 Å². The van der Waals surface area contributed by atoms with E-state index in [2.05, 4.69) is 0 Å². The number of phenols is 1. The first kappa shape index (κ1) is 15.7. The van der Waals surface area contributed by atoms with Crippen LogP contribution in [0.15, 0.2) is 30.3 Å². The molecule has 22 heavy (non-hydrogen) atoms. The molecule has 0 amide bonds. The second-order valence-electron chi connectivity index (χ2n) is 4.68. The lowest BCUT2D eigenvalue weighted by Crippen LogP contribution is -2.07. The number of ether oxygens (including phenoxy) is 3. The number of phenolic OH excluding ortho intramolecular Hbond substituents is 1. The first-order chi connectivity index (χ1) is 10.5. The van der Waals surface area contributed by atoms with E-state index in [-0.39, 0.29) is 22.8 Å². The Morgan fingerprint density at radius 3 is 2.18 bits per heavy atom. The number of para-hydroxylation sites is 1. The number of ketones is 1. The van der Waals surface area contributed by atoms with Crippen LogP contribution in [0.4, 0.5) is 0 Å². The van der Waals surface area contributed by atoms with Gasteiger partial charge in [0.05, 0.1) is 32.5 Å². The Morgan fingerprint density at radius 2 is 1.59 bits per heavy atom. The van der Waals surface area contributed by atoms with Crippen molar-refractivity contribution >= 4 is 5.78 Å². The Morgan fingerprint density at radius 1 is 0.909 bits per heavy atom. The molecule has 0 saturated carbocycles. The van der Waals surface area contributed by atoms with Crippen LogP contribution in [0.2, 0.25) is 0 Å². The van der Waals surface area contributed by atoms with Crippen LogP contribution in [0.5, 0.6) is 23.0 Å². The van der Waals surface area contributed by atoms with Crippen molar-refractivity contribution in [2.45, 2.75) is 6.92 Å². The molecule has 0 saturated heterocycles. The number of aryl methyl sites for hydroxylation is 1. The fraction of sp³-hybridized carbons (Fsp3) is 0.235. The van der Waals surface area contributed by atoms with Crippen molar-refractivity contribution in [1.82, 2.24) is 0 Å². The summed E-state index contributed by atoms with van der Waals surface area (Å²) >= 11 is 0. The Kier molecular flexibility index (Phi) is 4.56. The Bertz CT molecular complexity index is 706. The quantitative estimate of drug-likeness (QED) is 0.860. The van der Waals surface area contributed by atoms with Crippen molar-refractivity contribution in [2.75, 3.05) is 21.3 Å². The number of aromatic hydroxyl groups is 1. The van der Waals surface area contributed by atoms with Crippen molar-refractivity contribution in [3.05, 3.63) is 47.0 Å². The van der Waals surface area contributed by atoms with Gasteiger partial charge in [-0.25, -0.2) is 0 Å². The molecule has 5 nitrogen and oxygen atoms in total. The van der Waals surface area contributed by atoms with Gasteiger partial charge in [0.2, 0.25) is 11.5 Å². The van der Waals surface area contributed by atoms with Crippen LogP contribution < -0.4 is 14.2 Å². The highest BCUT2D eigenvalue weighted by Crippen LogP contribution is 2.41. The zero-order valence-corrected chi connectivity index (χ0v) is 13.0. The standard InChI is InChI=1S/C17H18O5/c1-10-6-5-7-11(14(10)18)15(19)12-8-9-13(20-2)17(22-4)16(12)21-3/h5-9,18H,1-4H3. The monoisotopic (exact) mass is 302 g/mol. The lowest BCUT2D eigenvalue weighted by atomic mass is 9.99. The summed E-state index contributed by atoms with van der Waals surface area (Å²) in [5, 5.41) is 10.1. The minimum Gasteiger partial charge on any atom is -0.507 e. The van der Waals surface area contributed by atoms with Crippen molar-refractivity contribution in [2.24, 2.45) is 0 Å². The van der Waals surface area contributed by atoms with E-state index in [9.17, 15) is 9.90 Å². The lowest BCUT2D eigenvalue weighted by Gasteiger charge is -2.15. The van der Waals surface area contributed by atoms with Crippen LogP contribution in [0.25, 0.3) is 0 Å². The van der Waals surface area contributed by atoms with Gasteiger partial charge in [0.15, 0.2) is 11.5 Å². The van der Waals surface area contributed by atoms with Crippen molar-refractivity contribution < 1.29 is 24.1 Å². The molecule has 0 aliphatic carbocycles. The maximum absolute atomic E-state index is 12.7. The second-order valence-corrected chi connectivity index (χ2v) is 4.68. The van der Waals surface area contributed by atoms with Gasteiger partial charge in [-0.2, -0.15) is 0 Å². The minimum atomic E-state index is -0.348. The predicted octanol–water partition coefficient (Wildman–Crippen LogP) is 2.96. The van der Waals surface area contributed by atoms with E-state index in [4.69, 9.17) is 14.2 Å².